The summed E-state index contributed by atoms with van der Waals surface area (Å²) in [6.45, 7) is 5.09. The average Bonchev–Trinajstić information content (AvgIpc) is 2.96. The number of hydrogen-bond donors (Lipinski definition) is 0. The first kappa shape index (κ1) is 23.4. The highest BCUT2D eigenvalue weighted by Gasteiger charge is 2.60. The Hall–Kier alpha value is -1.74. The molecule has 1 unspecified atom stereocenters. The van der Waals surface area contributed by atoms with Crippen molar-refractivity contribution in [1.29, 1.82) is 0 Å². The number of nitrogens with zero attached hydrogens (tertiary/aromatic N) is 2. The van der Waals surface area contributed by atoms with Gasteiger partial charge in [-0.2, -0.15) is 0 Å². The number of halogens is 3. The molecular weight excluding hydrogens is 499 g/mol. The fourth-order valence-electron chi connectivity index (χ4n) is 4.13. The van der Waals surface area contributed by atoms with E-state index in [1.54, 1.807) is 19.1 Å². The van der Waals surface area contributed by atoms with Crippen LogP contribution < -0.4 is 0 Å². The molecule has 1 fully saturated rings. The molecule has 7 nitrogen and oxygen atoms in total. The summed E-state index contributed by atoms with van der Waals surface area (Å²) in [5, 5.41) is -0.591. The van der Waals surface area contributed by atoms with Gasteiger partial charge in [-0.25, -0.2) is 4.79 Å². The molecule has 32 heavy (non-hydrogen) atoms. The second-order valence-electron chi connectivity index (χ2n) is 8.08. The largest absolute Gasteiger partial charge is 0.456 e. The lowest BCUT2D eigenvalue weighted by molar-refractivity contribution is -0.154. The normalized spacial score (nSPS) is 22.9. The summed E-state index contributed by atoms with van der Waals surface area (Å²) < 4.78 is 3.28. The number of amides is 3. The number of carbonyl (C=O) groups excluding carboxylic acids is 4. The lowest BCUT2D eigenvalue weighted by Gasteiger charge is -2.51. The van der Waals surface area contributed by atoms with E-state index in [1.807, 2.05) is 19.9 Å². The van der Waals surface area contributed by atoms with Gasteiger partial charge in [-0.15, -0.1) is 11.8 Å². The van der Waals surface area contributed by atoms with Crippen molar-refractivity contribution in [3.8, 4) is 0 Å². The molecule has 0 aliphatic carbocycles. The average molecular weight is 518 g/mol. The van der Waals surface area contributed by atoms with Crippen molar-refractivity contribution in [2.75, 3.05) is 12.4 Å². The zero-order valence-corrected chi connectivity index (χ0v) is 20.4. The monoisotopic (exact) mass is 516 g/mol. The zero-order valence-electron chi connectivity index (χ0n) is 17.4. The van der Waals surface area contributed by atoms with E-state index in [0.717, 1.165) is 10.5 Å². The van der Waals surface area contributed by atoms with Crippen molar-refractivity contribution in [1.82, 2.24) is 9.80 Å². The minimum atomic E-state index is -1.79. The number of esters is 1. The molecule has 1 saturated heterocycles. The SMILES string of the molecule is CC1=C(C(=O)OCC(Cl)(Cl)Cl)N2C(=O)C(N3C(=O)c4cccc(C(C)C)c4C3=O)[C@H]2SC1. The van der Waals surface area contributed by atoms with Crippen LogP contribution in [-0.4, -0.2) is 61.1 Å². The minimum Gasteiger partial charge on any atom is -0.456 e. The quantitative estimate of drug-likeness (QED) is 0.261. The summed E-state index contributed by atoms with van der Waals surface area (Å²) in [4.78, 5) is 54.4. The van der Waals surface area contributed by atoms with Crippen molar-refractivity contribution in [2.24, 2.45) is 0 Å². The Bertz CT molecular complexity index is 1080. The summed E-state index contributed by atoms with van der Waals surface area (Å²) in [6.07, 6.45) is 0. The van der Waals surface area contributed by atoms with Gasteiger partial charge in [-0.1, -0.05) is 60.8 Å². The third-order valence-corrected chi connectivity index (χ3v) is 7.31. The second-order valence-corrected chi connectivity index (χ2v) is 11.7. The standard InChI is InChI=1S/C21H19Cl3N2O5S/c1-9(2)11-5-4-6-12-13(11)17(28)25(16(12)27)15-18(29)26-14(10(3)7-32-19(15)26)20(30)31-8-21(22,23)24/h4-6,9,15,19H,7-8H2,1-3H3/t15?,19-/m1/s1. The van der Waals surface area contributed by atoms with Crippen LogP contribution in [0.2, 0.25) is 0 Å². The van der Waals surface area contributed by atoms with Crippen LogP contribution >= 0.6 is 46.6 Å². The molecule has 0 bridgehead atoms. The molecule has 0 saturated carbocycles. The molecule has 3 aliphatic heterocycles. The van der Waals surface area contributed by atoms with Gasteiger partial charge in [0.15, 0.2) is 0 Å². The van der Waals surface area contributed by atoms with Gasteiger partial charge >= 0.3 is 5.97 Å². The number of β-lactam (4-membered cyclic amide) rings is 1. The first-order valence-electron chi connectivity index (χ1n) is 9.83. The number of rotatable bonds is 4. The molecule has 0 N–H and O–H groups in total. The van der Waals surface area contributed by atoms with Crippen LogP contribution in [0.4, 0.5) is 0 Å². The summed E-state index contributed by atoms with van der Waals surface area (Å²) in [5.74, 6) is -1.86. The summed E-state index contributed by atoms with van der Waals surface area (Å²) in [6, 6.07) is 4.14. The van der Waals surface area contributed by atoms with E-state index >= 15 is 0 Å². The van der Waals surface area contributed by atoms with Crippen LogP contribution in [0.3, 0.4) is 0 Å². The Balaban J connectivity index is 1.61. The maximum absolute atomic E-state index is 13.3. The van der Waals surface area contributed by atoms with Crippen LogP contribution in [0.1, 0.15) is 53.0 Å². The Morgan fingerprint density at radius 2 is 1.88 bits per heavy atom. The molecule has 1 aromatic carbocycles. The third-order valence-electron chi connectivity index (χ3n) is 5.57. The van der Waals surface area contributed by atoms with Crippen molar-refractivity contribution < 1.29 is 23.9 Å². The molecule has 3 heterocycles. The zero-order chi connectivity index (χ0) is 23.5. The number of alkyl halides is 3. The first-order chi connectivity index (χ1) is 14.9. The van der Waals surface area contributed by atoms with Gasteiger partial charge in [0, 0.05) is 5.75 Å². The van der Waals surface area contributed by atoms with Crippen LogP contribution in [-0.2, 0) is 14.3 Å². The van der Waals surface area contributed by atoms with Crippen molar-refractivity contribution in [3.05, 3.63) is 46.2 Å². The van der Waals surface area contributed by atoms with Gasteiger partial charge in [-0.05, 0) is 30.0 Å². The summed E-state index contributed by atoms with van der Waals surface area (Å²) in [7, 11) is 0. The number of ether oxygens (including phenoxy) is 1. The molecule has 170 valence electrons. The maximum atomic E-state index is 13.3. The van der Waals surface area contributed by atoms with Gasteiger partial charge in [0.05, 0.1) is 11.1 Å². The lowest BCUT2D eigenvalue weighted by Crippen LogP contribution is -2.71. The Morgan fingerprint density at radius 1 is 1.19 bits per heavy atom. The Labute approximate surface area is 204 Å². The highest BCUT2D eigenvalue weighted by atomic mass is 35.6. The number of imide groups is 1. The Kier molecular flexibility index (Phi) is 6.03. The maximum Gasteiger partial charge on any atom is 0.355 e. The minimum absolute atomic E-state index is 0.0316. The van der Waals surface area contributed by atoms with E-state index < -0.39 is 45.5 Å². The van der Waals surface area contributed by atoms with Crippen LogP contribution in [0.15, 0.2) is 29.5 Å². The molecule has 3 aliphatic rings. The van der Waals surface area contributed by atoms with Crippen molar-refractivity contribution >= 4 is 70.3 Å². The fourth-order valence-corrected chi connectivity index (χ4v) is 5.63. The number of benzene rings is 1. The summed E-state index contributed by atoms with van der Waals surface area (Å²) >= 11 is 18.3. The second kappa shape index (κ2) is 8.24. The molecule has 0 radical (unpaired) electrons. The molecule has 4 rings (SSSR count). The van der Waals surface area contributed by atoms with Crippen LogP contribution in [0, 0.1) is 0 Å². The molecule has 1 aromatic rings. The van der Waals surface area contributed by atoms with E-state index in [4.69, 9.17) is 39.5 Å². The number of fused-ring (bicyclic) bond motifs is 2. The highest BCUT2D eigenvalue weighted by molar-refractivity contribution is 8.00. The van der Waals surface area contributed by atoms with E-state index in [2.05, 4.69) is 0 Å². The smallest absolute Gasteiger partial charge is 0.355 e. The van der Waals surface area contributed by atoms with Crippen molar-refractivity contribution in [3.63, 3.8) is 0 Å². The number of thioether (sulfide) groups is 1. The molecule has 2 atom stereocenters. The number of hydrogen-bond acceptors (Lipinski definition) is 6. The van der Waals surface area contributed by atoms with E-state index in [9.17, 15) is 19.2 Å². The van der Waals surface area contributed by atoms with Crippen molar-refractivity contribution in [2.45, 2.75) is 41.9 Å². The highest BCUT2D eigenvalue weighted by Crippen LogP contribution is 2.45. The molecule has 0 aromatic heterocycles. The lowest BCUT2D eigenvalue weighted by atomic mass is 9.94. The predicted molar refractivity (Wildman–Crippen MR) is 122 cm³/mol. The summed E-state index contributed by atoms with van der Waals surface area (Å²) in [5.41, 5.74) is 2.08. The topological polar surface area (TPSA) is 84.0 Å². The number of carbonyl (C=O) groups is 4. The Morgan fingerprint density at radius 3 is 2.50 bits per heavy atom. The van der Waals surface area contributed by atoms with Gasteiger partial charge in [-0.3, -0.25) is 24.2 Å². The van der Waals surface area contributed by atoms with Gasteiger partial charge in [0.2, 0.25) is 3.79 Å². The molecule has 3 amide bonds. The van der Waals surface area contributed by atoms with E-state index in [-0.39, 0.29) is 11.6 Å². The van der Waals surface area contributed by atoms with Gasteiger partial charge in [0.1, 0.15) is 23.7 Å². The van der Waals surface area contributed by atoms with Crippen LogP contribution in [0.25, 0.3) is 0 Å². The van der Waals surface area contributed by atoms with E-state index in [0.29, 0.717) is 22.5 Å². The first-order valence-corrected chi connectivity index (χ1v) is 12.0. The molecule has 11 heteroatoms. The predicted octanol–water partition coefficient (Wildman–Crippen LogP) is 3.88. The third kappa shape index (κ3) is 3.71. The fraction of sp³-hybridized carbons (Fsp3) is 0.429. The van der Waals surface area contributed by atoms with Gasteiger partial charge in [0.25, 0.3) is 17.7 Å². The van der Waals surface area contributed by atoms with Crippen LogP contribution in [0.5, 0.6) is 0 Å². The van der Waals surface area contributed by atoms with Gasteiger partial charge < -0.3 is 4.74 Å². The van der Waals surface area contributed by atoms with E-state index in [1.165, 1.54) is 16.7 Å². The molecule has 0 spiro atoms. The molecular formula is C21H19Cl3N2O5S.